The number of aromatic amines is 1. The van der Waals surface area contributed by atoms with Gasteiger partial charge in [-0.25, -0.2) is 4.98 Å². The van der Waals surface area contributed by atoms with Crippen molar-refractivity contribution in [1.29, 1.82) is 0 Å². The van der Waals surface area contributed by atoms with Crippen molar-refractivity contribution >= 4 is 12.2 Å². The van der Waals surface area contributed by atoms with E-state index in [4.69, 9.17) is 0 Å². The quantitative estimate of drug-likeness (QED) is 0.767. The molecular formula is C16H13N3. The average Bonchev–Trinajstić information content (AvgIpc) is 2.95. The fourth-order valence-corrected chi connectivity index (χ4v) is 1.90. The second kappa shape index (κ2) is 5.31. The summed E-state index contributed by atoms with van der Waals surface area (Å²) in [5, 5.41) is 0. The minimum Gasteiger partial charge on any atom is -0.345 e. The Kier molecular flexibility index (Phi) is 3.19. The van der Waals surface area contributed by atoms with Crippen LogP contribution in [0.4, 0.5) is 0 Å². The predicted octanol–water partition coefficient (Wildman–Crippen LogP) is 3.64. The van der Waals surface area contributed by atoms with Crippen LogP contribution in [0.2, 0.25) is 0 Å². The van der Waals surface area contributed by atoms with Crippen LogP contribution in [0.15, 0.2) is 61.1 Å². The van der Waals surface area contributed by atoms with E-state index < -0.39 is 0 Å². The van der Waals surface area contributed by atoms with E-state index in [1.165, 1.54) is 0 Å². The van der Waals surface area contributed by atoms with Crippen molar-refractivity contribution in [2.24, 2.45) is 0 Å². The number of aromatic nitrogens is 3. The van der Waals surface area contributed by atoms with Crippen LogP contribution >= 0.6 is 0 Å². The van der Waals surface area contributed by atoms with Crippen molar-refractivity contribution in [3.63, 3.8) is 0 Å². The van der Waals surface area contributed by atoms with E-state index in [-0.39, 0.29) is 0 Å². The van der Waals surface area contributed by atoms with Crippen molar-refractivity contribution in [3.05, 3.63) is 72.4 Å². The summed E-state index contributed by atoms with van der Waals surface area (Å²) in [4.78, 5) is 11.8. The van der Waals surface area contributed by atoms with Crippen molar-refractivity contribution in [2.45, 2.75) is 0 Å². The van der Waals surface area contributed by atoms with Gasteiger partial charge in [0.25, 0.3) is 0 Å². The second-order valence-corrected chi connectivity index (χ2v) is 4.12. The van der Waals surface area contributed by atoms with Crippen molar-refractivity contribution in [3.8, 4) is 11.3 Å². The molecule has 0 saturated heterocycles. The molecular weight excluding hydrogens is 234 g/mol. The molecule has 92 valence electrons. The van der Waals surface area contributed by atoms with Crippen LogP contribution in [0.1, 0.15) is 11.4 Å². The molecule has 0 spiro atoms. The molecule has 2 heterocycles. The van der Waals surface area contributed by atoms with Crippen LogP contribution in [-0.2, 0) is 0 Å². The molecule has 0 aliphatic carbocycles. The third-order valence-electron chi connectivity index (χ3n) is 2.82. The molecule has 1 aromatic carbocycles. The summed E-state index contributed by atoms with van der Waals surface area (Å²) in [6.45, 7) is 0. The van der Waals surface area contributed by atoms with E-state index >= 15 is 0 Å². The van der Waals surface area contributed by atoms with Crippen LogP contribution in [0.25, 0.3) is 23.4 Å². The Hall–Kier alpha value is -2.68. The van der Waals surface area contributed by atoms with Gasteiger partial charge in [0.05, 0.1) is 23.4 Å². The molecule has 0 bridgehead atoms. The summed E-state index contributed by atoms with van der Waals surface area (Å²) >= 11 is 0. The fraction of sp³-hybridized carbons (Fsp3) is 0. The van der Waals surface area contributed by atoms with Gasteiger partial charge in [-0.15, -0.1) is 0 Å². The number of hydrogen-bond acceptors (Lipinski definition) is 2. The molecule has 0 fully saturated rings. The zero-order valence-corrected chi connectivity index (χ0v) is 10.3. The molecule has 19 heavy (non-hydrogen) atoms. The molecule has 0 aliphatic heterocycles. The van der Waals surface area contributed by atoms with Gasteiger partial charge >= 0.3 is 0 Å². The number of pyridine rings is 1. The molecule has 0 radical (unpaired) electrons. The number of hydrogen-bond donors (Lipinski definition) is 1. The lowest BCUT2D eigenvalue weighted by atomic mass is 10.1. The molecule has 0 saturated carbocycles. The molecule has 0 amide bonds. The molecule has 3 rings (SSSR count). The summed E-state index contributed by atoms with van der Waals surface area (Å²) in [6.07, 6.45) is 7.46. The summed E-state index contributed by atoms with van der Waals surface area (Å²) in [7, 11) is 0. The number of nitrogens with zero attached hydrogens (tertiary/aromatic N) is 2. The van der Waals surface area contributed by atoms with E-state index in [9.17, 15) is 0 Å². The first kappa shape index (κ1) is 11.4. The van der Waals surface area contributed by atoms with Crippen molar-refractivity contribution in [2.75, 3.05) is 0 Å². The number of benzene rings is 1. The SMILES string of the molecule is C(=C\c1[nH]cnc1-c1ccccc1)/c1ccccn1. The zero-order valence-electron chi connectivity index (χ0n) is 10.3. The van der Waals surface area contributed by atoms with Gasteiger partial charge in [-0.1, -0.05) is 36.4 Å². The minimum atomic E-state index is 0.927. The Morgan fingerprint density at radius 3 is 2.47 bits per heavy atom. The first-order valence-corrected chi connectivity index (χ1v) is 6.11. The maximum Gasteiger partial charge on any atom is 0.0954 e. The number of nitrogens with one attached hydrogen (secondary N) is 1. The summed E-state index contributed by atoms with van der Waals surface area (Å²) in [5.74, 6) is 0. The molecule has 3 heteroatoms. The molecule has 3 nitrogen and oxygen atoms in total. The predicted molar refractivity (Wildman–Crippen MR) is 77.2 cm³/mol. The van der Waals surface area contributed by atoms with Gasteiger partial charge in [0.2, 0.25) is 0 Å². The van der Waals surface area contributed by atoms with Crippen molar-refractivity contribution in [1.82, 2.24) is 15.0 Å². The highest BCUT2D eigenvalue weighted by Gasteiger charge is 2.04. The Balaban J connectivity index is 1.91. The normalized spacial score (nSPS) is 10.9. The minimum absolute atomic E-state index is 0.927. The number of rotatable bonds is 3. The topological polar surface area (TPSA) is 41.6 Å². The highest BCUT2D eigenvalue weighted by molar-refractivity contribution is 5.76. The van der Waals surface area contributed by atoms with Crippen LogP contribution in [-0.4, -0.2) is 15.0 Å². The highest BCUT2D eigenvalue weighted by Crippen LogP contribution is 2.21. The Morgan fingerprint density at radius 1 is 0.842 bits per heavy atom. The lowest BCUT2D eigenvalue weighted by molar-refractivity contribution is 1.29. The monoisotopic (exact) mass is 247 g/mol. The molecule has 2 aromatic heterocycles. The molecule has 1 N–H and O–H groups in total. The lowest BCUT2D eigenvalue weighted by Crippen LogP contribution is -1.82. The van der Waals surface area contributed by atoms with E-state index in [0.717, 1.165) is 22.6 Å². The van der Waals surface area contributed by atoms with Crippen LogP contribution in [0.5, 0.6) is 0 Å². The summed E-state index contributed by atoms with van der Waals surface area (Å²) in [6, 6.07) is 16.0. The lowest BCUT2D eigenvalue weighted by Gasteiger charge is -1.98. The standard InChI is InChI=1S/C16H13N3/c1-2-6-13(7-3-1)16-15(18-12-19-16)10-9-14-8-4-5-11-17-14/h1-12H,(H,18,19)/b10-9+. The second-order valence-electron chi connectivity index (χ2n) is 4.12. The zero-order chi connectivity index (χ0) is 12.9. The van der Waals surface area contributed by atoms with Gasteiger partial charge in [-0.3, -0.25) is 4.98 Å². The Bertz CT molecular complexity index is 669. The van der Waals surface area contributed by atoms with E-state index in [1.54, 1.807) is 12.5 Å². The van der Waals surface area contributed by atoms with Gasteiger partial charge in [-0.2, -0.15) is 0 Å². The third-order valence-corrected chi connectivity index (χ3v) is 2.82. The fourth-order valence-electron chi connectivity index (χ4n) is 1.90. The molecule has 3 aromatic rings. The third kappa shape index (κ3) is 2.60. The molecule has 0 aliphatic rings. The number of imidazole rings is 1. The average molecular weight is 247 g/mol. The first-order chi connectivity index (χ1) is 9.43. The smallest absolute Gasteiger partial charge is 0.0954 e. The molecule has 0 atom stereocenters. The van der Waals surface area contributed by atoms with Gasteiger partial charge in [0.1, 0.15) is 0 Å². The highest BCUT2D eigenvalue weighted by atomic mass is 14.9. The molecule has 0 unspecified atom stereocenters. The maximum atomic E-state index is 4.37. The Morgan fingerprint density at radius 2 is 1.68 bits per heavy atom. The summed E-state index contributed by atoms with van der Waals surface area (Å²) < 4.78 is 0. The Labute approximate surface area is 111 Å². The maximum absolute atomic E-state index is 4.37. The van der Waals surface area contributed by atoms with Gasteiger partial charge in [-0.05, 0) is 24.3 Å². The van der Waals surface area contributed by atoms with Gasteiger partial charge in [0, 0.05) is 11.8 Å². The van der Waals surface area contributed by atoms with E-state index in [1.807, 2.05) is 60.7 Å². The van der Waals surface area contributed by atoms with E-state index in [2.05, 4.69) is 15.0 Å². The van der Waals surface area contributed by atoms with Crippen molar-refractivity contribution < 1.29 is 0 Å². The van der Waals surface area contributed by atoms with Gasteiger partial charge in [0.15, 0.2) is 0 Å². The number of H-pyrrole nitrogens is 1. The summed E-state index contributed by atoms with van der Waals surface area (Å²) in [5.41, 5.74) is 3.96. The largest absolute Gasteiger partial charge is 0.345 e. The van der Waals surface area contributed by atoms with Crippen LogP contribution < -0.4 is 0 Å². The van der Waals surface area contributed by atoms with Gasteiger partial charge < -0.3 is 4.98 Å². The van der Waals surface area contributed by atoms with Crippen LogP contribution in [0.3, 0.4) is 0 Å². The first-order valence-electron chi connectivity index (χ1n) is 6.11. The van der Waals surface area contributed by atoms with Crippen LogP contribution in [0, 0.1) is 0 Å². The van der Waals surface area contributed by atoms with E-state index in [0.29, 0.717) is 0 Å².